The fraction of sp³-hybridized carbons (Fsp3) is 0.444. The number of hydrogen-bond acceptors (Lipinski definition) is 6. The number of amides is 1. The topological polar surface area (TPSA) is 58.8 Å². The van der Waals surface area contributed by atoms with Gasteiger partial charge in [0.05, 0.1) is 18.6 Å². The Hall–Kier alpha value is -2.15. The number of aryl methyl sites for hydroxylation is 2. The summed E-state index contributed by atoms with van der Waals surface area (Å²) in [5, 5.41) is 0.570. The lowest BCUT2D eigenvalue weighted by Gasteiger charge is -2.36. The largest absolute Gasteiger partial charge is 0.497 e. The molecule has 2 heterocycles. The number of ether oxygens (including phenoxy) is 1. The van der Waals surface area contributed by atoms with Gasteiger partial charge in [0.1, 0.15) is 11.5 Å². The van der Waals surface area contributed by atoms with Crippen LogP contribution in [0.2, 0.25) is 0 Å². The van der Waals surface area contributed by atoms with E-state index < -0.39 is 0 Å². The first-order valence-corrected chi connectivity index (χ1v) is 9.29. The number of anilines is 1. The number of oxazole rings is 1. The predicted octanol–water partition coefficient (Wildman–Crippen LogP) is 2.74. The maximum atomic E-state index is 12.4. The highest BCUT2D eigenvalue weighted by atomic mass is 32.2. The summed E-state index contributed by atoms with van der Waals surface area (Å²) in [6.07, 6.45) is 0. The maximum absolute atomic E-state index is 12.4. The fourth-order valence-corrected chi connectivity index (χ4v) is 3.54. The molecule has 1 aliphatic rings. The van der Waals surface area contributed by atoms with Crippen LogP contribution in [0.1, 0.15) is 11.5 Å². The fourth-order valence-electron chi connectivity index (χ4n) is 2.73. The van der Waals surface area contributed by atoms with Crippen molar-refractivity contribution in [1.82, 2.24) is 9.88 Å². The number of methoxy groups -OCH3 is 1. The minimum atomic E-state index is 0.132. The summed E-state index contributed by atoms with van der Waals surface area (Å²) in [6.45, 7) is 6.92. The maximum Gasteiger partial charge on any atom is 0.256 e. The van der Waals surface area contributed by atoms with Crippen LogP contribution in [0.5, 0.6) is 5.75 Å². The van der Waals surface area contributed by atoms with E-state index in [9.17, 15) is 4.79 Å². The van der Waals surface area contributed by atoms with Gasteiger partial charge in [0.25, 0.3) is 5.22 Å². The van der Waals surface area contributed by atoms with Crippen molar-refractivity contribution in [2.24, 2.45) is 0 Å². The first-order chi connectivity index (χ1) is 12.1. The van der Waals surface area contributed by atoms with Gasteiger partial charge in [-0.3, -0.25) is 4.79 Å². The smallest absolute Gasteiger partial charge is 0.256 e. The molecule has 0 unspecified atom stereocenters. The average Bonchev–Trinajstić information content (AvgIpc) is 2.98. The molecule has 134 valence electrons. The van der Waals surface area contributed by atoms with Crippen LogP contribution in [0.4, 0.5) is 5.69 Å². The molecule has 0 N–H and O–H groups in total. The van der Waals surface area contributed by atoms with Crippen molar-refractivity contribution in [1.29, 1.82) is 0 Å². The molecule has 2 aromatic rings. The molecule has 1 saturated heterocycles. The second-order valence-electron chi connectivity index (χ2n) is 5.98. The Bertz CT molecular complexity index is 702. The number of carbonyl (C=O) groups excluding carboxylic acids is 1. The summed E-state index contributed by atoms with van der Waals surface area (Å²) >= 11 is 1.36. The van der Waals surface area contributed by atoms with E-state index in [-0.39, 0.29) is 5.91 Å². The number of piperazine rings is 1. The molecule has 1 aromatic carbocycles. The molecular formula is C18H23N3O3S. The van der Waals surface area contributed by atoms with Gasteiger partial charge in [-0.05, 0) is 38.1 Å². The van der Waals surface area contributed by atoms with Crippen molar-refractivity contribution in [2.45, 2.75) is 19.1 Å². The normalized spacial score (nSPS) is 14.7. The number of nitrogens with zero attached hydrogens (tertiary/aromatic N) is 3. The van der Waals surface area contributed by atoms with Gasteiger partial charge in [-0.15, -0.1) is 0 Å². The van der Waals surface area contributed by atoms with E-state index in [0.717, 1.165) is 49.1 Å². The van der Waals surface area contributed by atoms with Crippen molar-refractivity contribution >= 4 is 23.4 Å². The Labute approximate surface area is 152 Å². The molecule has 1 fully saturated rings. The van der Waals surface area contributed by atoms with Gasteiger partial charge in [0.2, 0.25) is 5.91 Å². The van der Waals surface area contributed by atoms with Crippen LogP contribution < -0.4 is 9.64 Å². The summed E-state index contributed by atoms with van der Waals surface area (Å²) < 4.78 is 10.7. The molecule has 1 aromatic heterocycles. The number of rotatable bonds is 5. The Kier molecular flexibility index (Phi) is 5.53. The van der Waals surface area contributed by atoms with Crippen LogP contribution in [0.15, 0.2) is 33.9 Å². The molecule has 0 bridgehead atoms. The summed E-state index contributed by atoms with van der Waals surface area (Å²) in [4.78, 5) is 20.9. The Morgan fingerprint density at radius 2 is 1.88 bits per heavy atom. The summed E-state index contributed by atoms with van der Waals surface area (Å²) in [5.41, 5.74) is 2.04. The van der Waals surface area contributed by atoms with Gasteiger partial charge in [0.15, 0.2) is 0 Å². The standard InChI is InChI=1S/C18H23N3O3S/c1-13-14(2)24-18(19-13)25-12-17(22)21-10-8-20(9-11-21)15-4-6-16(23-3)7-5-15/h4-7H,8-12H2,1-3H3. The van der Waals surface area contributed by atoms with Crippen LogP contribution in [-0.4, -0.2) is 54.8 Å². The first kappa shape index (κ1) is 17.7. The van der Waals surface area contributed by atoms with Crippen molar-refractivity contribution in [3.63, 3.8) is 0 Å². The van der Waals surface area contributed by atoms with Crippen molar-refractivity contribution in [2.75, 3.05) is 43.9 Å². The summed E-state index contributed by atoms with van der Waals surface area (Å²) in [5.74, 6) is 2.16. The SMILES string of the molecule is COc1ccc(N2CCN(C(=O)CSc3nc(C)c(C)o3)CC2)cc1. The lowest BCUT2D eigenvalue weighted by atomic mass is 10.2. The Morgan fingerprint density at radius 1 is 1.20 bits per heavy atom. The molecule has 0 radical (unpaired) electrons. The number of carbonyl (C=O) groups is 1. The molecule has 0 aliphatic carbocycles. The summed E-state index contributed by atoms with van der Waals surface area (Å²) in [7, 11) is 1.66. The molecular weight excluding hydrogens is 338 g/mol. The quantitative estimate of drug-likeness (QED) is 0.763. The lowest BCUT2D eigenvalue weighted by Crippen LogP contribution is -2.49. The van der Waals surface area contributed by atoms with Crippen molar-refractivity contribution < 1.29 is 13.9 Å². The molecule has 0 atom stereocenters. The zero-order valence-electron chi connectivity index (χ0n) is 14.8. The van der Waals surface area contributed by atoms with E-state index >= 15 is 0 Å². The lowest BCUT2D eigenvalue weighted by molar-refractivity contribution is -0.128. The highest BCUT2D eigenvalue weighted by molar-refractivity contribution is 7.99. The van der Waals surface area contributed by atoms with E-state index in [4.69, 9.17) is 9.15 Å². The second kappa shape index (κ2) is 7.82. The van der Waals surface area contributed by atoms with E-state index in [1.165, 1.54) is 11.8 Å². The van der Waals surface area contributed by atoms with Gasteiger partial charge in [-0.2, -0.15) is 0 Å². The van der Waals surface area contributed by atoms with Crippen LogP contribution in [0, 0.1) is 13.8 Å². The van der Waals surface area contributed by atoms with Gasteiger partial charge >= 0.3 is 0 Å². The van der Waals surface area contributed by atoms with Crippen molar-refractivity contribution in [3.05, 3.63) is 35.7 Å². The van der Waals surface area contributed by atoms with E-state index in [1.807, 2.05) is 30.9 Å². The minimum absolute atomic E-state index is 0.132. The molecule has 0 saturated carbocycles. The number of benzene rings is 1. The van der Waals surface area contributed by atoms with E-state index in [2.05, 4.69) is 22.0 Å². The number of hydrogen-bond donors (Lipinski definition) is 0. The Morgan fingerprint density at radius 3 is 2.44 bits per heavy atom. The van der Waals surface area contributed by atoms with Gasteiger partial charge in [-0.25, -0.2) is 4.98 Å². The van der Waals surface area contributed by atoms with E-state index in [1.54, 1.807) is 7.11 Å². The molecule has 25 heavy (non-hydrogen) atoms. The van der Waals surface area contributed by atoms with Crippen LogP contribution >= 0.6 is 11.8 Å². The monoisotopic (exact) mass is 361 g/mol. The predicted molar refractivity (Wildman–Crippen MR) is 98.5 cm³/mol. The molecule has 0 spiro atoms. The average molecular weight is 361 g/mol. The highest BCUT2D eigenvalue weighted by Crippen LogP contribution is 2.22. The zero-order valence-corrected chi connectivity index (χ0v) is 15.6. The van der Waals surface area contributed by atoms with Gasteiger partial charge in [-0.1, -0.05) is 11.8 Å². The first-order valence-electron chi connectivity index (χ1n) is 8.30. The second-order valence-corrected chi connectivity index (χ2v) is 6.90. The highest BCUT2D eigenvalue weighted by Gasteiger charge is 2.22. The van der Waals surface area contributed by atoms with Gasteiger partial charge in [0, 0.05) is 31.9 Å². The molecule has 7 heteroatoms. The third-order valence-electron chi connectivity index (χ3n) is 4.40. The zero-order chi connectivity index (χ0) is 17.8. The third-order valence-corrected chi connectivity index (χ3v) is 5.21. The Balaban J connectivity index is 1.48. The third kappa shape index (κ3) is 4.28. The summed E-state index contributed by atoms with van der Waals surface area (Å²) in [6, 6.07) is 8.03. The molecule has 1 aliphatic heterocycles. The van der Waals surface area contributed by atoms with Gasteiger partial charge < -0.3 is 19.0 Å². The number of thioether (sulfide) groups is 1. The van der Waals surface area contributed by atoms with E-state index in [0.29, 0.717) is 11.0 Å². The van der Waals surface area contributed by atoms with Crippen LogP contribution in [-0.2, 0) is 4.79 Å². The van der Waals surface area contributed by atoms with Crippen LogP contribution in [0.3, 0.4) is 0 Å². The minimum Gasteiger partial charge on any atom is -0.497 e. The van der Waals surface area contributed by atoms with Crippen LogP contribution in [0.25, 0.3) is 0 Å². The molecule has 3 rings (SSSR count). The molecule has 1 amide bonds. The van der Waals surface area contributed by atoms with Crippen molar-refractivity contribution in [3.8, 4) is 5.75 Å². The molecule has 6 nitrogen and oxygen atoms in total. The number of aromatic nitrogens is 1.